The summed E-state index contributed by atoms with van der Waals surface area (Å²) in [7, 11) is 1.46. The number of fused-ring (bicyclic) bond motifs is 1. The van der Waals surface area contributed by atoms with E-state index in [1.165, 1.54) is 13.3 Å². The second kappa shape index (κ2) is 4.66. The van der Waals surface area contributed by atoms with E-state index in [9.17, 15) is 19.2 Å². The summed E-state index contributed by atoms with van der Waals surface area (Å²) >= 11 is 0. The molecule has 1 N–H and O–H groups in total. The lowest BCUT2D eigenvalue weighted by atomic mass is 9.80. The average molecular weight is 285 g/mol. The molecule has 6 heteroatoms. The van der Waals surface area contributed by atoms with Crippen LogP contribution in [0.1, 0.15) is 17.9 Å². The lowest BCUT2D eigenvalue weighted by Gasteiger charge is -2.17. The number of benzene rings is 1. The second-order valence-corrected chi connectivity index (χ2v) is 4.81. The lowest BCUT2D eigenvalue weighted by molar-refractivity contribution is -0.149. The Morgan fingerprint density at radius 1 is 1.10 bits per heavy atom. The first-order valence-corrected chi connectivity index (χ1v) is 6.32. The average Bonchev–Trinajstić information content (AvgIpc) is 2.89. The van der Waals surface area contributed by atoms with E-state index in [1.807, 2.05) is 0 Å². The van der Waals surface area contributed by atoms with Crippen molar-refractivity contribution in [1.82, 2.24) is 4.98 Å². The molecule has 1 aromatic heterocycles. The molecule has 0 bridgehead atoms. The summed E-state index contributed by atoms with van der Waals surface area (Å²) in [6, 6.07) is 5.19. The van der Waals surface area contributed by atoms with E-state index in [4.69, 9.17) is 4.74 Å². The highest BCUT2D eigenvalue weighted by atomic mass is 16.5. The highest BCUT2D eigenvalue weighted by Crippen LogP contribution is 2.35. The van der Waals surface area contributed by atoms with E-state index in [0.29, 0.717) is 22.2 Å². The van der Waals surface area contributed by atoms with Crippen LogP contribution in [-0.4, -0.2) is 35.2 Å². The molecule has 1 heterocycles. The van der Waals surface area contributed by atoms with Crippen LogP contribution >= 0.6 is 0 Å². The van der Waals surface area contributed by atoms with Gasteiger partial charge in [-0.3, -0.25) is 19.2 Å². The van der Waals surface area contributed by atoms with Gasteiger partial charge in [0, 0.05) is 22.7 Å². The molecule has 1 aliphatic carbocycles. The molecule has 0 saturated heterocycles. The Kier molecular flexibility index (Phi) is 2.94. The number of hydrogen-bond donors (Lipinski definition) is 1. The summed E-state index contributed by atoms with van der Waals surface area (Å²) in [6.07, 6.45) is 0.840. The summed E-state index contributed by atoms with van der Waals surface area (Å²) in [4.78, 5) is 50.2. The third kappa shape index (κ3) is 1.87. The number of methoxy groups -OCH3 is 1. The Labute approximate surface area is 119 Å². The van der Waals surface area contributed by atoms with Crippen LogP contribution in [0.4, 0.5) is 0 Å². The molecule has 0 atom stereocenters. The maximum absolute atomic E-state index is 12.0. The standard InChI is InChI=1S/C15H11NO5/c1-21-11-4-2-3-8-12(11)7(6-16-8)13-14(19)9(17)5-10(18)15(13)20/h2-4,6,13,16H,5H2,1H3. The molecule has 0 radical (unpaired) electrons. The number of ketones is 4. The first-order chi connectivity index (χ1) is 10.0. The molecular weight excluding hydrogens is 274 g/mol. The Morgan fingerprint density at radius 3 is 2.38 bits per heavy atom. The second-order valence-electron chi connectivity index (χ2n) is 4.81. The van der Waals surface area contributed by atoms with E-state index in [-0.39, 0.29) is 0 Å². The maximum atomic E-state index is 12.0. The largest absolute Gasteiger partial charge is 0.496 e. The van der Waals surface area contributed by atoms with Gasteiger partial charge >= 0.3 is 0 Å². The number of hydrogen-bond acceptors (Lipinski definition) is 5. The number of ether oxygens (including phenoxy) is 1. The first kappa shape index (κ1) is 13.2. The molecule has 0 aliphatic heterocycles. The van der Waals surface area contributed by atoms with Crippen LogP contribution in [0.2, 0.25) is 0 Å². The van der Waals surface area contributed by atoms with Gasteiger partial charge in [-0.25, -0.2) is 0 Å². The van der Waals surface area contributed by atoms with Crippen LogP contribution in [-0.2, 0) is 19.2 Å². The summed E-state index contributed by atoms with van der Waals surface area (Å²) in [5.74, 6) is -4.24. The molecule has 0 unspecified atom stereocenters. The molecule has 1 saturated carbocycles. The summed E-state index contributed by atoms with van der Waals surface area (Å²) in [5.41, 5.74) is 0.967. The molecule has 1 aliphatic rings. The third-order valence-corrected chi connectivity index (χ3v) is 3.62. The fourth-order valence-corrected chi connectivity index (χ4v) is 2.62. The molecule has 1 aromatic carbocycles. The van der Waals surface area contributed by atoms with Gasteiger partial charge in [-0.05, 0) is 12.1 Å². The van der Waals surface area contributed by atoms with Crippen LogP contribution in [0.3, 0.4) is 0 Å². The van der Waals surface area contributed by atoms with Gasteiger partial charge in [0.25, 0.3) is 0 Å². The minimum absolute atomic E-state index is 0.304. The van der Waals surface area contributed by atoms with Gasteiger partial charge in [-0.15, -0.1) is 0 Å². The van der Waals surface area contributed by atoms with Gasteiger partial charge in [0.05, 0.1) is 13.5 Å². The smallest absolute Gasteiger partial charge is 0.214 e. The quantitative estimate of drug-likeness (QED) is 0.654. The normalized spacial score (nSPS) is 16.8. The van der Waals surface area contributed by atoms with Gasteiger partial charge in [0.1, 0.15) is 11.7 Å². The SMILES string of the molecule is COc1cccc2[nH]cc(C3C(=O)C(=O)CC(=O)C3=O)c12. The van der Waals surface area contributed by atoms with E-state index in [2.05, 4.69) is 4.98 Å². The number of aromatic nitrogens is 1. The molecule has 21 heavy (non-hydrogen) atoms. The van der Waals surface area contributed by atoms with Crippen molar-refractivity contribution in [3.63, 3.8) is 0 Å². The summed E-state index contributed by atoms with van der Waals surface area (Å²) in [6.45, 7) is 0. The van der Waals surface area contributed by atoms with Crippen molar-refractivity contribution in [3.8, 4) is 5.75 Å². The van der Waals surface area contributed by atoms with Crippen LogP contribution in [0.15, 0.2) is 24.4 Å². The Hall–Kier alpha value is -2.76. The number of aromatic amines is 1. The third-order valence-electron chi connectivity index (χ3n) is 3.62. The monoisotopic (exact) mass is 285 g/mol. The van der Waals surface area contributed by atoms with Crippen LogP contribution in [0, 0.1) is 0 Å². The first-order valence-electron chi connectivity index (χ1n) is 6.32. The fourth-order valence-electron chi connectivity index (χ4n) is 2.62. The number of carbonyl (C=O) groups is 4. The van der Waals surface area contributed by atoms with Gasteiger partial charge < -0.3 is 9.72 Å². The summed E-state index contributed by atoms with van der Waals surface area (Å²) in [5, 5.41) is 0.536. The van der Waals surface area contributed by atoms with Crippen molar-refractivity contribution >= 4 is 34.0 Å². The van der Waals surface area contributed by atoms with E-state index < -0.39 is 35.5 Å². The van der Waals surface area contributed by atoms with Crippen molar-refractivity contribution in [1.29, 1.82) is 0 Å². The molecular formula is C15H11NO5. The van der Waals surface area contributed by atoms with Crippen molar-refractivity contribution in [2.75, 3.05) is 7.11 Å². The number of H-pyrrole nitrogens is 1. The van der Waals surface area contributed by atoms with E-state index in [0.717, 1.165) is 0 Å². The zero-order chi connectivity index (χ0) is 15.1. The van der Waals surface area contributed by atoms with Crippen molar-refractivity contribution in [3.05, 3.63) is 30.0 Å². The fraction of sp³-hybridized carbons (Fsp3) is 0.200. The van der Waals surface area contributed by atoms with E-state index >= 15 is 0 Å². The minimum Gasteiger partial charge on any atom is -0.496 e. The Balaban J connectivity index is 2.24. The number of Topliss-reactive ketones (excluding diaryl/α,β-unsaturated/α-hetero) is 4. The van der Waals surface area contributed by atoms with Crippen molar-refractivity contribution in [2.24, 2.45) is 0 Å². The van der Waals surface area contributed by atoms with Crippen molar-refractivity contribution in [2.45, 2.75) is 12.3 Å². The molecule has 6 nitrogen and oxygen atoms in total. The zero-order valence-corrected chi connectivity index (χ0v) is 11.1. The van der Waals surface area contributed by atoms with Crippen LogP contribution in [0.25, 0.3) is 10.9 Å². The Bertz CT molecular complexity index is 775. The minimum atomic E-state index is -1.37. The van der Waals surface area contributed by atoms with Crippen molar-refractivity contribution < 1.29 is 23.9 Å². The highest BCUT2D eigenvalue weighted by Gasteiger charge is 2.43. The lowest BCUT2D eigenvalue weighted by Crippen LogP contribution is -2.40. The van der Waals surface area contributed by atoms with Gasteiger partial charge in [0.2, 0.25) is 23.1 Å². The van der Waals surface area contributed by atoms with Gasteiger partial charge in [-0.1, -0.05) is 6.07 Å². The van der Waals surface area contributed by atoms with Crippen LogP contribution in [0.5, 0.6) is 5.75 Å². The number of rotatable bonds is 2. The molecule has 3 rings (SSSR count). The maximum Gasteiger partial charge on any atom is 0.214 e. The predicted molar refractivity (Wildman–Crippen MR) is 72.2 cm³/mol. The molecule has 0 amide bonds. The molecule has 2 aromatic rings. The van der Waals surface area contributed by atoms with Gasteiger partial charge in [0.15, 0.2) is 0 Å². The van der Waals surface area contributed by atoms with Gasteiger partial charge in [-0.2, -0.15) is 0 Å². The van der Waals surface area contributed by atoms with E-state index in [1.54, 1.807) is 18.2 Å². The van der Waals surface area contributed by atoms with Crippen LogP contribution < -0.4 is 4.74 Å². The number of nitrogens with one attached hydrogen (secondary N) is 1. The topological polar surface area (TPSA) is 93.3 Å². The molecule has 0 spiro atoms. The highest BCUT2D eigenvalue weighted by molar-refractivity contribution is 6.61. The predicted octanol–water partition coefficient (Wildman–Crippen LogP) is 0.940. The Morgan fingerprint density at radius 2 is 1.76 bits per heavy atom. The number of carbonyl (C=O) groups excluding carboxylic acids is 4. The summed E-state index contributed by atoms with van der Waals surface area (Å²) < 4.78 is 5.23. The molecule has 1 fully saturated rings. The molecule has 106 valence electrons. The zero-order valence-electron chi connectivity index (χ0n) is 11.1.